The van der Waals surface area contributed by atoms with Gasteiger partial charge in [0, 0.05) is 10.9 Å². The molecule has 8 nitrogen and oxygen atoms in total. The molecule has 1 unspecified atom stereocenters. The average Bonchev–Trinajstić information content (AvgIpc) is 3.35. The molecule has 1 fully saturated rings. The van der Waals surface area contributed by atoms with Crippen LogP contribution in [0.2, 0.25) is 0 Å². The van der Waals surface area contributed by atoms with E-state index in [0.29, 0.717) is 9.86 Å². The maximum absolute atomic E-state index is 13.3. The zero-order chi connectivity index (χ0) is 19.8. The molecule has 28 heavy (non-hydrogen) atoms. The van der Waals surface area contributed by atoms with E-state index in [-0.39, 0.29) is 23.6 Å². The highest BCUT2D eigenvalue weighted by Crippen LogP contribution is 2.33. The fourth-order valence-electron chi connectivity index (χ4n) is 2.51. The standard InChI is InChI=1S/C17H12BrF2N5O3/c18-8-1-2-10-11(3-8)15(28-13-4-12(13)20)24-25(16(10)27)7-14(26)23-17-21-5-9(19)6-22-17/h1-3,5-6,12-13H,4,7H2,(H,21,22,23,26)/t12-,13?/m1/s1. The summed E-state index contributed by atoms with van der Waals surface area (Å²) in [4.78, 5) is 32.1. The molecular formula is C17H12BrF2N5O3. The maximum atomic E-state index is 13.3. The Morgan fingerprint density at radius 2 is 2.04 bits per heavy atom. The van der Waals surface area contributed by atoms with Crippen LogP contribution in [0.25, 0.3) is 10.8 Å². The van der Waals surface area contributed by atoms with Crippen molar-refractivity contribution in [1.82, 2.24) is 19.7 Å². The van der Waals surface area contributed by atoms with Crippen LogP contribution in [0.4, 0.5) is 14.7 Å². The first-order valence-electron chi connectivity index (χ1n) is 8.19. The minimum atomic E-state index is -1.08. The number of halogens is 3. The van der Waals surface area contributed by atoms with Crippen LogP contribution in [0.3, 0.4) is 0 Å². The highest BCUT2D eigenvalue weighted by Gasteiger charge is 2.41. The number of hydrogen-bond acceptors (Lipinski definition) is 6. The van der Waals surface area contributed by atoms with Crippen molar-refractivity contribution in [2.24, 2.45) is 0 Å². The normalized spacial score (nSPS) is 18.1. The van der Waals surface area contributed by atoms with Crippen molar-refractivity contribution in [3.05, 3.63) is 51.2 Å². The smallest absolute Gasteiger partial charge is 0.275 e. The number of aromatic nitrogens is 4. The number of fused-ring (bicyclic) bond motifs is 1. The summed E-state index contributed by atoms with van der Waals surface area (Å²) in [6.07, 6.45) is 0.343. The zero-order valence-electron chi connectivity index (χ0n) is 14.1. The van der Waals surface area contributed by atoms with Crippen LogP contribution in [-0.4, -0.2) is 37.9 Å². The number of amides is 1. The van der Waals surface area contributed by atoms with Gasteiger partial charge in [-0.1, -0.05) is 15.9 Å². The second-order valence-electron chi connectivity index (χ2n) is 6.14. The van der Waals surface area contributed by atoms with Crippen molar-refractivity contribution in [2.75, 3.05) is 5.32 Å². The van der Waals surface area contributed by atoms with Crippen molar-refractivity contribution < 1.29 is 18.3 Å². The largest absolute Gasteiger partial charge is 0.470 e. The third kappa shape index (κ3) is 3.84. The van der Waals surface area contributed by atoms with Gasteiger partial charge in [0.25, 0.3) is 5.56 Å². The highest BCUT2D eigenvalue weighted by molar-refractivity contribution is 9.10. The molecule has 4 rings (SSSR count). The molecule has 2 heterocycles. The summed E-state index contributed by atoms with van der Waals surface area (Å²) in [5.41, 5.74) is -0.516. The van der Waals surface area contributed by atoms with Crippen molar-refractivity contribution in [2.45, 2.75) is 25.2 Å². The fraction of sp³-hybridized carbons (Fsp3) is 0.235. The molecule has 1 aliphatic carbocycles. The molecule has 1 N–H and O–H groups in total. The topological polar surface area (TPSA) is 99.0 Å². The van der Waals surface area contributed by atoms with Crippen molar-refractivity contribution >= 4 is 38.6 Å². The van der Waals surface area contributed by atoms with Crippen molar-refractivity contribution in [1.29, 1.82) is 0 Å². The van der Waals surface area contributed by atoms with Gasteiger partial charge in [-0.05, 0) is 18.2 Å². The van der Waals surface area contributed by atoms with Crippen molar-refractivity contribution in [3.63, 3.8) is 0 Å². The molecule has 1 aliphatic rings. The van der Waals surface area contributed by atoms with Gasteiger partial charge in [-0.3, -0.25) is 14.9 Å². The van der Waals surface area contributed by atoms with Gasteiger partial charge in [0.15, 0.2) is 5.82 Å². The summed E-state index contributed by atoms with van der Waals surface area (Å²) in [5.74, 6) is -1.34. The highest BCUT2D eigenvalue weighted by atomic mass is 79.9. The molecular weight excluding hydrogens is 440 g/mol. The lowest BCUT2D eigenvalue weighted by atomic mass is 10.2. The van der Waals surface area contributed by atoms with E-state index in [1.54, 1.807) is 18.2 Å². The molecule has 2 atom stereocenters. The van der Waals surface area contributed by atoms with Gasteiger partial charge in [-0.2, -0.15) is 0 Å². The Morgan fingerprint density at radius 3 is 2.71 bits per heavy atom. The first kappa shape index (κ1) is 18.4. The maximum Gasteiger partial charge on any atom is 0.275 e. The van der Waals surface area contributed by atoms with Gasteiger partial charge in [0.1, 0.15) is 18.8 Å². The summed E-state index contributed by atoms with van der Waals surface area (Å²) >= 11 is 3.31. The monoisotopic (exact) mass is 451 g/mol. The number of carbonyl (C=O) groups excluding carboxylic acids is 1. The van der Waals surface area contributed by atoms with Crippen molar-refractivity contribution in [3.8, 4) is 5.88 Å². The minimum Gasteiger partial charge on any atom is -0.470 e. The summed E-state index contributed by atoms with van der Waals surface area (Å²) in [6, 6.07) is 4.87. The lowest BCUT2D eigenvalue weighted by Crippen LogP contribution is -2.30. The van der Waals surface area contributed by atoms with E-state index >= 15 is 0 Å². The van der Waals surface area contributed by atoms with E-state index in [9.17, 15) is 18.4 Å². The Bertz CT molecular complexity index is 1120. The van der Waals surface area contributed by atoms with E-state index < -0.39 is 36.1 Å². The molecule has 2 aromatic heterocycles. The molecule has 3 aromatic rings. The lowest BCUT2D eigenvalue weighted by Gasteiger charge is -2.12. The minimum absolute atomic E-state index is 0.0619. The number of nitrogens with one attached hydrogen (secondary N) is 1. The van der Waals surface area contributed by atoms with Crippen LogP contribution in [0.5, 0.6) is 5.88 Å². The number of anilines is 1. The lowest BCUT2D eigenvalue weighted by molar-refractivity contribution is -0.117. The van der Waals surface area contributed by atoms with Crippen LogP contribution in [0.15, 0.2) is 39.9 Å². The Balaban J connectivity index is 1.65. The van der Waals surface area contributed by atoms with Gasteiger partial charge in [-0.15, -0.1) is 5.10 Å². The van der Waals surface area contributed by atoms with Gasteiger partial charge in [0.05, 0.1) is 23.2 Å². The quantitative estimate of drug-likeness (QED) is 0.638. The molecule has 1 saturated carbocycles. The summed E-state index contributed by atoms with van der Waals surface area (Å²) in [6.45, 7) is -0.453. The third-order valence-corrected chi connectivity index (χ3v) is 4.47. The molecule has 11 heteroatoms. The summed E-state index contributed by atoms with van der Waals surface area (Å²) in [7, 11) is 0. The number of hydrogen-bond donors (Lipinski definition) is 1. The summed E-state index contributed by atoms with van der Waals surface area (Å²) in [5, 5.41) is 7.12. The molecule has 0 aliphatic heterocycles. The zero-order valence-corrected chi connectivity index (χ0v) is 15.7. The average molecular weight is 452 g/mol. The molecule has 0 bridgehead atoms. The predicted octanol–water partition coefficient (Wildman–Crippen LogP) is 2.22. The van der Waals surface area contributed by atoms with Gasteiger partial charge in [-0.25, -0.2) is 23.4 Å². The number of alkyl halides is 1. The first-order valence-corrected chi connectivity index (χ1v) is 8.98. The van der Waals surface area contributed by atoms with Crippen LogP contribution in [-0.2, 0) is 11.3 Å². The van der Waals surface area contributed by atoms with E-state index in [4.69, 9.17) is 4.74 Å². The van der Waals surface area contributed by atoms with Crippen LogP contribution < -0.4 is 15.6 Å². The fourth-order valence-corrected chi connectivity index (χ4v) is 2.87. The second-order valence-corrected chi connectivity index (χ2v) is 7.05. The van der Waals surface area contributed by atoms with Gasteiger partial charge in [0.2, 0.25) is 17.7 Å². The number of ether oxygens (including phenoxy) is 1. The molecule has 1 amide bonds. The Hall–Kier alpha value is -2.95. The Kier molecular flexibility index (Phi) is 4.75. The number of rotatable bonds is 5. The summed E-state index contributed by atoms with van der Waals surface area (Å²) < 4.78 is 33.3. The molecule has 0 saturated heterocycles. The SMILES string of the molecule is O=C(Cn1nc(OC2C[C@H]2F)c2cc(Br)ccc2c1=O)Nc1ncc(F)cn1. The van der Waals surface area contributed by atoms with E-state index in [2.05, 4.69) is 36.3 Å². The van der Waals surface area contributed by atoms with Gasteiger partial charge >= 0.3 is 0 Å². The number of carbonyl (C=O) groups is 1. The number of benzene rings is 1. The Labute approximate surface area is 164 Å². The van der Waals surface area contributed by atoms with E-state index in [1.807, 2.05) is 0 Å². The van der Waals surface area contributed by atoms with E-state index in [1.165, 1.54) is 0 Å². The molecule has 0 radical (unpaired) electrons. The molecule has 1 aromatic carbocycles. The van der Waals surface area contributed by atoms with Gasteiger partial charge < -0.3 is 4.74 Å². The van der Waals surface area contributed by atoms with Crippen LogP contribution in [0.1, 0.15) is 6.42 Å². The van der Waals surface area contributed by atoms with Crippen LogP contribution >= 0.6 is 15.9 Å². The number of nitrogens with zero attached hydrogens (tertiary/aromatic N) is 4. The first-order chi connectivity index (χ1) is 13.4. The molecule has 144 valence electrons. The predicted molar refractivity (Wildman–Crippen MR) is 98.3 cm³/mol. The third-order valence-electron chi connectivity index (χ3n) is 3.97. The molecule has 0 spiro atoms. The second kappa shape index (κ2) is 7.23. The van der Waals surface area contributed by atoms with Crippen LogP contribution in [0, 0.1) is 5.82 Å². The Morgan fingerprint density at radius 1 is 1.32 bits per heavy atom. The van der Waals surface area contributed by atoms with E-state index in [0.717, 1.165) is 17.1 Å².